The van der Waals surface area contributed by atoms with Gasteiger partial charge in [0, 0.05) is 48.0 Å². The first kappa shape index (κ1) is 22.7. The van der Waals surface area contributed by atoms with E-state index in [0.717, 1.165) is 12.8 Å². The number of nitriles is 1. The Labute approximate surface area is 224 Å². The lowest BCUT2D eigenvalue weighted by Gasteiger charge is -2.22. The van der Waals surface area contributed by atoms with Crippen LogP contribution in [0.25, 0.3) is 10.9 Å². The quantitative estimate of drug-likeness (QED) is 0.256. The molecule has 1 fully saturated rings. The molecule has 11 heteroatoms. The highest BCUT2D eigenvalue weighted by atomic mass is 35.5. The average Bonchev–Trinajstić information content (AvgIpc) is 3.67. The number of fused-ring (bicyclic) bond motifs is 1. The first-order valence-electron chi connectivity index (χ1n) is 12.5. The molecule has 9 nitrogen and oxygen atoms in total. The standard InChI is InChI=1S/C27H23ClFN9/c1-15-23(29)9-19(13-32-15)35-25-17(10-30)12-33-27-21(25)7-18(8-22(27)28)34-26(16-3-2-6-31-11-16)24-14-38(37-36-24)20-4-5-20/h2-3,6-9,11-14,20,26,34,36-37H,4-5H2,1H3,(H,33,35)/t26-/m1/s1/i26D. The van der Waals surface area contributed by atoms with Gasteiger partial charge >= 0.3 is 0 Å². The number of hydrogen-bond donors (Lipinski definition) is 4. The van der Waals surface area contributed by atoms with Gasteiger partial charge in [-0.3, -0.25) is 20.0 Å². The molecule has 3 aromatic heterocycles. The third-order valence-electron chi connectivity index (χ3n) is 6.36. The van der Waals surface area contributed by atoms with E-state index >= 15 is 0 Å². The molecule has 0 amide bonds. The number of nitrogens with zero attached hydrogens (tertiary/aromatic N) is 5. The van der Waals surface area contributed by atoms with Crippen molar-refractivity contribution in [2.75, 3.05) is 10.6 Å². The average molecular weight is 529 g/mol. The predicted molar refractivity (Wildman–Crippen MR) is 143 cm³/mol. The van der Waals surface area contributed by atoms with Crippen LogP contribution in [0.1, 0.15) is 37.1 Å². The van der Waals surface area contributed by atoms with E-state index in [9.17, 15) is 11.0 Å². The molecule has 1 aliphatic heterocycles. The van der Waals surface area contributed by atoms with Gasteiger partial charge in [0.15, 0.2) is 0 Å². The summed E-state index contributed by atoms with van der Waals surface area (Å²) >= 11 is 6.68. The maximum Gasteiger partial charge on any atom is 0.146 e. The lowest BCUT2D eigenvalue weighted by atomic mass is 10.0. The number of nitrogens with one attached hydrogen (secondary N) is 4. The molecule has 0 spiro atoms. The number of hydrazine groups is 2. The second kappa shape index (κ2) is 9.78. The van der Waals surface area contributed by atoms with Crippen LogP contribution >= 0.6 is 11.6 Å². The van der Waals surface area contributed by atoms with E-state index in [4.69, 9.17) is 11.6 Å². The highest BCUT2D eigenvalue weighted by Gasteiger charge is 2.32. The zero-order chi connectivity index (χ0) is 27.1. The maximum absolute atomic E-state index is 14.2. The van der Waals surface area contributed by atoms with Crippen molar-refractivity contribution in [1.82, 2.24) is 30.9 Å². The minimum Gasteiger partial charge on any atom is -0.373 e. The third-order valence-corrected chi connectivity index (χ3v) is 6.64. The Morgan fingerprint density at radius 2 is 2.11 bits per heavy atom. The summed E-state index contributed by atoms with van der Waals surface area (Å²) in [7, 11) is 0. The summed E-state index contributed by atoms with van der Waals surface area (Å²) in [6.45, 7) is 1.57. The van der Waals surface area contributed by atoms with Crippen LogP contribution in [-0.4, -0.2) is 26.0 Å². The van der Waals surface area contributed by atoms with Gasteiger partial charge in [-0.25, -0.2) is 4.39 Å². The molecule has 4 N–H and O–H groups in total. The molecule has 0 bridgehead atoms. The van der Waals surface area contributed by atoms with Gasteiger partial charge in [-0.05, 0) is 43.5 Å². The van der Waals surface area contributed by atoms with Gasteiger partial charge in [0.05, 0.1) is 52.5 Å². The molecule has 0 saturated heterocycles. The molecule has 38 heavy (non-hydrogen) atoms. The number of benzene rings is 1. The Morgan fingerprint density at radius 1 is 1.24 bits per heavy atom. The monoisotopic (exact) mass is 528 g/mol. The second-order valence-electron chi connectivity index (χ2n) is 9.09. The SMILES string of the molecule is [2H][C@](Nc1cc(Cl)c2ncc(C#N)c(Nc3cnc(C)c(F)c3)c2c1)(C1=CN(C2CC2)NN1)c1cccnc1. The molecular weight excluding hydrogens is 505 g/mol. The first-order valence-corrected chi connectivity index (χ1v) is 12.4. The summed E-state index contributed by atoms with van der Waals surface area (Å²) in [6.07, 6.45) is 10.2. The van der Waals surface area contributed by atoms with Gasteiger partial charge in [-0.1, -0.05) is 17.7 Å². The van der Waals surface area contributed by atoms with E-state index in [-0.39, 0.29) is 11.3 Å². The van der Waals surface area contributed by atoms with Crippen LogP contribution in [0, 0.1) is 24.1 Å². The summed E-state index contributed by atoms with van der Waals surface area (Å²) in [6, 6.07) is 9.39. The predicted octanol–water partition coefficient (Wildman–Crippen LogP) is 5.22. The zero-order valence-electron chi connectivity index (χ0n) is 21.3. The Morgan fingerprint density at radius 3 is 2.84 bits per heavy atom. The van der Waals surface area contributed by atoms with Crippen molar-refractivity contribution < 1.29 is 5.76 Å². The maximum atomic E-state index is 14.2. The summed E-state index contributed by atoms with van der Waals surface area (Å²) in [5.41, 5.74) is 9.65. The Bertz CT molecular complexity index is 1660. The number of pyridine rings is 3. The Hall–Kier alpha value is -4.46. The highest BCUT2D eigenvalue weighted by Crippen LogP contribution is 2.37. The van der Waals surface area contributed by atoms with Crippen LogP contribution in [-0.2, 0) is 0 Å². The smallest absolute Gasteiger partial charge is 0.146 e. The van der Waals surface area contributed by atoms with E-state index < -0.39 is 11.8 Å². The van der Waals surface area contributed by atoms with Crippen LogP contribution in [0.3, 0.4) is 0 Å². The van der Waals surface area contributed by atoms with E-state index in [1.165, 1.54) is 18.5 Å². The second-order valence-corrected chi connectivity index (χ2v) is 9.50. The van der Waals surface area contributed by atoms with Crippen LogP contribution in [0.15, 0.2) is 67.0 Å². The van der Waals surface area contributed by atoms with Gasteiger partial charge in [-0.15, -0.1) is 5.53 Å². The van der Waals surface area contributed by atoms with Crippen molar-refractivity contribution in [2.24, 2.45) is 0 Å². The van der Waals surface area contributed by atoms with Crippen molar-refractivity contribution in [3.63, 3.8) is 0 Å². The molecule has 1 aliphatic carbocycles. The molecule has 0 radical (unpaired) electrons. The number of halogens is 2. The molecule has 2 aliphatic rings. The molecule has 1 aromatic carbocycles. The molecule has 4 heterocycles. The minimum absolute atomic E-state index is 0.241. The molecule has 1 atom stereocenters. The van der Waals surface area contributed by atoms with E-state index in [1.807, 2.05) is 17.3 Å². The third kappa shape index (κ3) is 4.65. The van der Waals surface area contributed by atoms with Crippen molar-refractivity contribution >= 4 is 39.6 Å². The number of aromatic nitrogens is 3. The fourth-order valence-electron chi connectivity index (χ4n) is 4.22. The number of rotatable bonds is 7. The molecular formula is C27H23ClFN9. The van der Waals surface area contributed by atoms with Gasteiger partial charge in [0.1, 0.15) is 11.9 Å². The van der Waals surface area contributed by atoms with Crippen LogP contribution < -0.4 is 21.6 Å². The summed E-state index contributed by atoms with van der Waals surface area (Å²) in [5, 5.41) is 19.0. The van der Waals surface area contributed by atoms with Crippen molar-refractivity contribution in [3.8, 4) is 6.07 Å². The Balaban J connectivity index is 1.45. The van der Waals surface area contributed by atoms with Gasteiger partial charge in [0.2, 0.25) is 0 Å². The number of anilines is 3. The summed E-state index contributed by atoms with van der Waals surface area (Å²) in [5.74, 6) is -0.473. The lowest BCUT2D eigenvalue weighted by molar-refractivity contribution is 0.260. The molecule has 6 rings (SSSR count). The van der Waals surface area contributed by atoms with Crippen LogP contribution in [0.4, 0.5) is 21.5 Å². The fraction of sp³-hybridized carbons (Fsp3) is 0.185. The summed E-state index contributed by atoms with van der Waals surface area (Å²) in [4.78, 5) is 12.7. The fourth-order valence-corrected chi connectivity index (χ4v) is 4.49. The van der Waals surface area contributed by atoms with Gasteiger partial charge in [0.25, 0.3) is 0 Å². The van der Waals surface area contributed by atoms with Gasteiger partial charge in [-0.2, -0.15) is 5.26 Å². The van der Waals surface area contributed by atoms with Crippen molar-refractivity contribution in [1.29, 1.82) is 5.26 Å². The zero-order valence-corrected chi connectivity index (χ0v) is 21.0. The first-order chi connectivity index (χ1) is 18.9. The largest absolute Gasteiger partial charge is 0.373 e. The molecule has 1 saturated carbocycles. The summed E-state index contributed by atoms with van der Waals surface area (Å²) < 4.78 is 23.8. The number of hydrogen-bond acceptors (Lipinski definition) is 9. The molecule has 0 unspecified atom stereocenters. The Kier molecular flexibility index (Phi) is 5.84. The normalized spacial score (nSPS) is 16.7. The highest BCUT2D eigenvalue weighted by molar-refractivity contribution is 6.36. The van der Waals surface area contributed by atoms with Crippen LogP contribution in [0.5, 0.6) is 0 Å². The van der Waals surface area contributed by atoms with E-state index in [1.54, 1.807) is 37.5 Å². The molecule has 4 aromatic rings. The lowest BCUT2D eigenvalue weighted by Crippen LogP contribution is -2.38. The molecule has 190 valence electrons. The van der Waals surface area contributed by atoms with Gasteiger partial charge < -0.3 is 16.1 Å². The number of aryl methyl sites for hydroxylation is 1. The van der Waals surface area contributed by atoms with Crippen molar-refractivity contribution in [2.45, 2.75) is 31.8 Å². The van der Waals surface area contributed by atoms with E-state index in [2.05, 4.69) is 42.6 Å². The van der Waals surface area contributed by atoms with Crippen LogP contribution in [0.2, 0.25) is 5.02 Å². The minimum atomic E-state index is -1.47. The van der Waals surface area contributed by atoms with E-state index in [0.29, 0.717) is 50.3 Å². The van der Waals surface area contributed by atoms with Crippen molar-refractivity contribution in [3.05, 3.63) is 94.7 Å². The topological polar surface area (TPSA) is 114 Å².